The average molecular weight is 154 g/mol. The Morgan fingerprint density at radius 3 is 2.10 bits per heavy atom. The summed E-state index contributed by atoms with van der Waals surface area (Å²) in [5, 5.41) is 8.38. The van der Waals surface area contributed by atoms with Gasteiger partial charge in [-0.3, -0.25) is 0 Å². The minimum atomic E-state index is -3.29. The van der Waals surface area contributed by atoms with Crippen molar-refractivity contribution in [1.82, 2.24) is 0 Å². The first-order valence-electron chi connectivity index (χ1n) is 3.33. The smallest absolute Gasteiger partial charge is 0.381 e. The van der Waals surface area contributed by atoms with Gasteiger partial charge in [0.25, 0.3) is 0 Å². The highest BCUT2D eigenvalue weighted by Crippen LogP contribution is 2.28. The van der Waals surface area contributed by atoms with Crippen molar-refractivity contribution in [1.29, 1.82) is 0 Å². The summed E-state index contributed by atoms with van der Waals surface area (Å²) < 4.78 is 27.6. The van der Waals surface area contributed by atoms with Crippen LogP contribution in [0.15, 0.2) is 0 Å². The van der Waals surface area contributed by atoms with Gasteiger partial charge in [-0.25, -0.2) is 0 Å². The van der Waals surface area contributed by atoms with E-state index in [0.717, 1.165) is 0 Å². The Morgan fingerprint density at radius 1 is 1.50 bits per heavy atom. The molecule has 4 heteroatoms. The summed E-state index contributed by atoms with van der Waals surface area (Å²) in [5.41, 5.74) is 0. The molecule has 1 atom stereocenters. The number of hydrogen-bond donors (Lipinski definition) is 1. The lowest BCUT2D eigenvalue weighted by Crippen LogP contribution is -2.27. The molecule has 2 nitrogen and oxygen atoms in total. The van der Waals surface area contributed by atoms with E-state index in [2.05, 4.69) is 4.74 Å². The molecule has 10 heavy (non-hydrogen) atoms. The van der Waals surface area contributed by atoms with Crippen molar-refractivity contribution >= 4 is 0 Å². The fourth-order valence-corrected chi connectivity index (χ4v) is 0.571. The molecule has 1 fully saturated rings. The predicted octanol–water partition coefficient (Wildman–Crippen LogP) is 1.39. The molecule has 0 bridgehead atoms. The van der Waals surface area contributed by atoms with Crippen LogP contribution in [0.1, 0.15) is 20.3 Å². The molecule has 0 aromatic rings. The van der Waals surface area contributed by atoms with Gasteiger partial charge in [-0.05, 0) is 0 Å². The summed E-state index contributed by atoms with van der Waals surface area (Å²) >= 11 is 0. The summed E-state index contributed by atoms with van der Waals surface area (Å²) in [7, 11) is 0. The van der Waals surface area contributed by atoms with Crippen molar-refractivity contribution in [3.63, 3.8) is 0 Å². The number of halogens is 2. The molecule has 0 aromatic carbocycles. The van der Waals surface area contributed by atoms with Crippen LogP contribution >= 0.6 is 0 Å². The lowest BCUT2D eigenvalue weighted by Gasteiger charge is -2.09. The zero-order chi connectivity index (χ0) is 8.20. The van der Waals surface area contributed by atoms with Gasteiger partial charge in [-0.2, -0.15) is 8.78 Å². The minimum Gasteiger partial charge on any atom is -0.384 e. The summed E-state index contributed by atoms with van der Waals surface area (Å²) in [4.78, 5) is 0. The first-order chi connectivity index (χ1) is 4.63. The number of aliphatic hydroxyl groups is 1. The third-order valence-electron chi connectivity index (χ3n) is 1.07. The molecule has 62 valence electrons. The van der Waals surface area contributed by atoms with E-state index in [1.807, 2.05) is 13.8 Å². The van der Waals surface area contributed by atoms with Crippen molar-refractivity contribution in [3.8, 4) is 0 Å². The summed E-state index contributed by atoms with van der Waals surface area (Å²) in [6.07, 6.45) is -4.85. The van der Waals surface area contributed by atoms with Gasteiger partial charge in [0, 0.05) is 6.42 Å². The van der Waals surface area contributed by atoms with E-state index in [1.54, 1.807) is 0 Å². The molecule has 0 radical (unpaired) electrons. The summed E-state index contributed by atoms with van der Waals surface area (Å²) in [5.74, 6) is 0. The fraction of sp³-hybridized carbons (Fsp3) is 1.00. The van der Waals surface area contributed by atoms with Crippen LogP contribution in [-0.2, 0) is 4.74 Å². The van der Waals surface area contributed by atoms with Gasteiger partial charge in [0.2, 0.25) is 0 Å². The van der Waals surface area contributed by atoms with E-state index in [1.165, 1.54) is 0 Å². The maximum Gasteiger partial charge on any atom is 0.381 e. The van der Waals surface area contributed by atoms with Crippen LogP contribution in [0.2, 0.25) is 0 Å². The van der Waals surface area contributed by atoms with E-state index in [4.69, 9.17) is 5.11 Å². The Kier molecular flexibility index (Phi) is 3.75. The number of ether oxygens (including phenoxy) is 1. The monoisotopic (exact) mass is 154 g/mol. The largest absolute Gasteiger partial charge is 0.384 e. The van der Waals surface area contributed by atoms with E-state index in [0.29, 0.717) is 0 Å². The summed E-state index contributed by atoms with van der Waals surface area (Å²) in [6, 6.07) is 0. The van der Waals surface area contributed by atoms with E-state index < -0.39 is 12.2 Å². The first-order valence-corrected chi connectivity index (χ1v) is 3.33. The zero-order valence-corrected chi connectivity index (χ0v) is 6.10. The van der Waals surface area contributed by atoms with Gasteiger partial charge in [-0.1, -0.05) is 13.8 Å². The third kappa shape index (κ3) is 2.19. The Labute approximate surface area is 58.8 Å². The van der Waals surface area contributed by atoms with E-state index in [9.17, 15) is 8.78 Å². The van der Waals surface area contributed by atoms with Crippen LogP contribution in [0.25, 0.3) is 0 Å². The normalized spacial score (nSPS) is 29.1. The van der Waals surface area contributed by atoms with Crippen molar-refractivity contribution in [2.24, 2.45) is 0 Å². The third-order valence-corrected chi connectivity index (χ3v) is 1.07. The molecule has 1 saturated heterocycles. The standard InChI is InChI=1S/C4H6F2O2.C2H6/c5-4(6)3(7)1-2-8-4;1-2/h3,7H,1-2H2;1-2H3. The molecule has 1 N–H and O–H groups in total. The number of aliphatic hydroxyl groups excluding tert-OH is 1. The predicted molar refractivity (Wildman–Crippen MR) is 32.9 cm³/mol. The van der Waals surface area contributed by atoms with Crippen LogP contribution in [-0.4, -0.2) is 23.9 Å². The van der Waals surface area contributed by atoms with Gasteiger partial charge >= 0.3 is 6.11 Å². The number of alkyl halides is 2. The van der Waals surface area contributed by atoms with Gasteiger partial charge in [-0.15, -0.1) is 0 Å². The molecule has 1 heterocycles. The molecule has 0 spiro atoms. The van der Waals surface area contributed by atoms with Crippen LogP contribution in [0.4, 0.5) is 8.78 Å². The highest BCUT2D eigenvalue weighted by molar-refractivity contribution is 4.72. The van der Waals surface area contributed by atoms with Crippen molar-refractivity contribution in [2.45, 2.75) is 32.5 Å². The highest BCUT2D eigenvalue weighted by Gasteiger charge is 2.44. The van der Waals surface area contributed by atoms with Crippen molar-refractivity contribution < 1.29 is 18.6 Å². The molecular weight excluding hydrogens is 142 g/mol. The maximum absolute atomic E-state index is 11.9. The molecular formula is C6H12F2O2. The maximum atomic E-state index is 11.9. The second kappa shape index (κ2) is 3.83. The van der Waals surface area contributed by atoms with Crippen LogP contribution in [0.5, 0.6) is 0 Å². The molecule has 0 saturated carbocycles. The average Bonchev–Trinajstić information content (AvgIpc) is 2.17. The van der Waals surface area contributed by atoms with Crippen molar-refractivity contribution in [2.75, 3.05) is 6.61 Å². The Bertz CT molecular complexity index is 95.7. The van der Waals surface area contributed by atoms with E-state index in [-0.39, 0.29) is 13.0 Å². The molecule has 1 aliphatic rings. The number of rotatable bonds is 0. The quantitative estimate of drug-likeness (QED) is 0.571. The van der Waals surface area contributed by atoms with Crippen LogP contribution in [0.3, 0.4) is 0 Å². The van der Waals surface area contributed by atoms with Crippen LogP contribution < -0.4 is 0 Å². The lowest BCUT2D eigenvalue weighted by molar-refractivity contribution is -0.246. The Balaban J connectivity index is 0.000000371. The SMILES string of the molecule is CC.OC1CCOC1(F)F. The molecule has 0 amide bonds. The molecule has 1 unspecified atom stereocenters. The summed E-state index contributed by atoms with van der Waals surface area (Å²) in [6.45, 7) is 3.95. The first kappa shape index (κ1) is 9.78. The van der Waals surface area contributed by atoms with Crippen molar-refractivity contribution in [3.05, 3.63) is 0 Å². The second-order valence-electron chi connectivity index (χ2n) is 1.71. The Hall–Kier alpha value is -0.220. The topological polar surface area (TPSA) is 29.5 Å². The van der Waals surface area contributed by atoms with Gasteiger partial charge < -0.3 is 9.84 Å². The number of hydrogen-bond acceptors (Lipinski definition) is 2. The highest BCUT2D eigenvalue weighted by atomic mass is 19.3. The second-order valence-corrected chi connectivity index (χ2v) is 1.71. The fourth-order valence-electron chi connectivity index (χ4n) is 0.571. The molecule has 0 aromatic heterocycles. The van der Waals surface area contributed by atoms with Crippen LogP contribution in [0, 0.1) is 0 Å². The lowest BCUT2D eigenvalue weighted by atomic mass is 10.3. The van der Waals surface area contributed by atoms with Gasteiger partial charge in [0.05, 0.1) is 6.61 Å². The van der Waals surface area contributed by atoms with E-state index >= 15 is 0 Å². The Morgan fingerprint density at radius 2 is 2.00 bits per heavy atom. The zero-order valence-electron chi connectivity index (χ0n) is 6.10. The minimum absolute atomic E-state index is 0.0347. The van der Waals surface area contributed by atoms with Gasteiger partial charge in [0.1, 0.15) is 6.10 Å². The molecule has 0 aliphatic carbocycles. The molecule has 1 aliphatic heterocycles. The molecule has 1 rings (SSSR count). The van der Waals surface area contributed by atoms with Gasteiger partial charge in [0.15, 0.2) is 0 Å².